The lowest BCUT2D eigenvalue weighted by Crippen LogP contribution is -2.08. The molecule has 0 fully saturated rings. The Kier molecular flexibility index (Phi) is 2.30. The molecule has 80 valence electrons. The van der Waals surface area contributed by atoms with Gasteiger partial charge in [-0.25, -0.2) is 0 Å². The number of alkyl halides is 2. The summed E-state index contributed by atoms with van der Waals surface area (Å²) >= 11 is 3.26. The molecule has 0 spiro atoms. The monoisotopic (exact) mass is 274 g/mol. The van der Waals surface area contributed by atoms with Gasteiger partial charge in [0.2, 0.25) is 0 Å². The van der Waals surface area contributed by atoms with Crippen molar-refractivity contribution in [2.45, 2.75) is 12.8 Å². The van der Waals surface area contributed by atoms with E-state index in [9.17, 15) is 8.78 Å². The van der Waals surface area contributed by atoms with Crippen LogP contribution in [0, 0.1) is 0 Å². The van der Waals surface area contributed by atoms with E-state index < -0.39 is 5.92 Å². The molecule has 0 saturated carbocycles. The van der Waals surface area contributed by atoms with Gasteiger partial charge in [0.25, 0.3) is 5.92 Å². The molecule has 15 heavy (non-hydrogen) atoms. The van der Waals surface area contributed by atoms with Crippen molar-refractivity contribution in [2.24, 2.45) is 7.05 Å². The predicted octanol–water partition coefficient (Wildman–Crippen LogP) is 3.45. The van der Waals surface area contributed by atoms with Crippen LogP contribution in [0.1, 0.15) is 12.6 Å². The fourth-order valence-electron chi connectivity index (χ4n) is 1.56. The number of rotatable bonds is 1. The first kappa shape index (κ1) is 10.5. The van der Waals surface area contributed by atoms with Crippen molar-refractivity contribution in [2.75, 3.05) is 0 Å². The Labute approximate surface area is 94.0 Å². The first-order valence-corrected chi connectivity index (χ1v) is 5.19. The van der Waals surface area contributed by atoms with E-state index in [-0.39, 0.29) is 5.69 Å². The van der Waals surface area contributed by atoms with Gasteiger partial charge in [-0.15, -0.1) is 0 Å². The number of hydrogen-bond acceptors (Lipinski definition) is 1. The van der Waals surface area contributed by atoms with Crippen molar-refractivity contribution < 1.29 is 8.78 Å². The lowest BCUT2D eigenvalue weighted by Gasteiger charge is -2.06. The van der Waals surface area contributed by atoms with Crippen LogP contribution in [0.4, 0.5) is 8.78 Å². The highest BCUT2D eigenvalue weighted by atomic mass is 79.9. The van der Waals surface area contributed by atoms with E-state index in [1.54, 1.807) is 19.2 Å². The highest BCUT2D eigenvalue weighted by molar-refractivity contribution is 9.10. The largest absolute Gasteiger partial charge is 0.289 e. The van der Waals surface area contributed by atoms with Gasteiger partial charge < -0.3 is 0 Å². The number of aryl methyl sites for hydroxylation is 1. The topological polar surface area (TPSA) is 17.8 Å². The van der Waals surface area contributed by atoms with Crippen LogP contribution in [0.25, 0.3) is 10.9 Å². The molecule has 0 radical (unpaired) electrons. The second-order valence-corrected chi connectivity index (χ2v) is 4.44. The number of benzene rings is 1. The van der Waals surface area contributed by atoms with E-state index in [4.69, 9.17) is 0 Å². The summed E-state index contributed by atoms with van der Waals surface area (Å²) in [6.45, 7) is 0.857. The predicted molar refractivity (Wildman–Crippen MR) is 58.0 cm³/mol. The minimum Gasteiger partial charge on any atom is -0.267 e. The Hall–Kier alpha value is -0.970. The molecule has 2 rings (SSSR count). The van der Waals surface area contributed by atoms with Crippen LogP contribution in [0.5, 0.6) is 0 Å². The molecule has 0 saturated heterocycles. The van der Waals surface area contributed by atoms with Crippen molar-refractivity contribution in [3.63, 3.8) is 0 Å². The van der Waals surface area contributed by atoms with E-state index in [0.717, 1.165) is 11.4 Å². The third kappa shape index (κ3) is 1.76. The lowest BCUT2D eigenvalue weighted by atomic mass is 10.1. The van der Waals surface area contributed by atoms with Crippen LogP contribution in [-0.2, 0) is 13.0 Å². The van der Waals surface area contributed by atoms with Gasteiger partial charge in [-0.3, -0.25) is 4.68 Å². The SMILES string of the molecule is Cn1nc(C(C)(F)F)c2cc(Br)ccc21. The van der Waals surface area contributed by atoms with Crippen LogP contribution in [0.2, 0.25) is 0 Å². The maximum atomic E-state index is 13.2. The number of nitrogens with zero attached hydrogens (tertiary/aromatic N) is 2. The summed E-state index contributed by atoms with van der Waals surface area (Å²) in [5.74, 6) is -2.92. The maximum absolute atomic E-state index is 13.2. The summed E-state index contributed by atoms with van der Waals surface area (Å²) in [5.41, 5.74) is 0.524. The van der Waals surface area contributed by atoms with E-state index >= 15 is 0 Å². The van der Waals surface area contributed by atoms with Crippen LogP contribution < -0.4 is 0 Å². The first-order chi connectivity index (χ1) is 6.89. The first-order valence-electron chi connectivity index (χ1n) is 4.40. The molecule has 5 heteroatoms. The van der Waals surface area contributed by atoms with Gasteiger partial charge in [0.1, 0.15) is 5.69 Å². The van der Waals surface area contributed by atoms with Crippen molar-refractivity contribution in [1.82, 2.24) is 9.78 Å². The molecule has 0 atom stereocenters. The molecule has 0 amide bonds. The van der Waals surface area contributed by atoms with Gasteiger partial charge in [0, 0.05) is 23.8 Å². The van der Waals surface area contributed by atoms with Crippen molar-refractivity contribution in [1.29, 1.82) is 0 Å². The Morgan fingerprint density at radius 3 is 2.67 bits per heavy atom. The fraction of sp³-hybridized carbons (Fsp3) is 0.300. The smallest absolute Gasteiger partial charge is 0.267 e. The van der Waals surface area contributed by atoms with Crippen LogP contribution >= 0.6 is 15.9 Å². The standard InChI is InChI=1S/C10H9BrF2N2/c1-10(12,13)9-7-5-6(11)3-4-8(7)15(2)14-9/h3-5H,1-2H3. The maximum Gasteiger partial charge on any atom is 0.289 e. The molecule has 1 aromatic carbocycles. The molecule has 0 unspecified atom stereocenters. The summed E-state index contributed by atoms with van der Waals surface area (Å²) in [4.78, 5) is 0. The Morgan fingerprint density at radius 2 is 2.07 bits per heavy atom. The number of hydrogen-bond donors (Lipinski definition) is 0. The highest BCUT2D eigenvalue weighted by Gasteiger charge is 2.30. The second kappa shape index (κ2) is 3.27. The Balaban J connectivity index is 2.81. The van der Waals surface area contributed by atoms with Gasteiger partial charge in [-0.05, 0) is 18.2 Å². The molecule has 0 bridgehead atoms. The summed E-state index contributed by atoms with van der Waals surface area (Å²) in [6.07, 6.45) is 0. The zero-order valence-electron chi connectivity index (χ0n) is 8.26. The molecule has 0 aliphatic carbocycles. The summed E-state index contributed by atoms with van der Waals surface area (Å²) in [6, 6.07) is 5.23. The van der Waals surface area contributed by atoms with E-state index in [1.807, 2.05) is 6.07 Å². The molecule has 1 heterocycles. The van der Waals surface area contributed by atoms with Gasteiger partial charge in [0.05, 0.1) is 5.52 Å². The van der Waals surface area contributed by atoms with Gasteiger partial charge in [-0.1, -0.05) is 15.9 Å². The molecule has 1 aromatic heterocycles. The second-order valence-electron chi connectivity index (χ2n) is 3.52. The third-order valence-corrected chi connectivity index (χ3v) is 2.72. The molecule has 2 aromatic rings. The molecular formula is C10H9BrF2N2. The van der Waals surface area contributed by atoms with Gasteiger partial charge in [-0.2, -0.15) is 13.9 Å². The molecule has 0 aliphatic heterocycles. The molecule has 2 nitrogen and oxygen atoms in total. The van der Waals surface area contributed by atoms with Crippen molar-refractivity contribution in [3.05, 3.63) is 28.4 Å². The molecular weight excluding hydrogens is 266 g/mol. The number of halogens is 3. The highest BCUT2D eigenvalue weighted by Crippen LogP contribution is 2.33. The minimum absolute atomic E-state index is 0.179. The van der Waals surface area contributed by atoms with Crippen LogP contribution in [0.3, 0.4) is 0 Å². The van der Waals surface area contributed by atoms with E-state index in [0.29, 0.717) is 10.9 Å². The van der Waals surface area contributed by atoms with E-state index in [1.165, 1.54) is 4.68 Å². The van der Waals surface area contributed by atoms with Gasteiger partial charge >= 0.3 is 0 Å². The molecule has 0 N–H and O–H groups in total. The zero-order valence-corrected chi connectivity index (χ0v) is 9.85. The lowest BCUT2D eigenvalue weighted by molar-refractivity contribution is 0.0137. The third-order valence-electron chi connectivity index (χ3n) is 2.23. The quantitative estimate of drug-likeness (QED) is 0.779. The summed E-state index contributed by atoms with van der Waals surface area (Å²) in [5, 5.41) is 4.33. The molecule has 0 aliphatic rings. The van der Waals surface area contributed by atoms with Crippen LogP contribution in [-0.4, -0.2) is 9.78 Å². The zero-order chi connectivity index (χ0) is 11.2. The van der Waals surface area contributed by atoms with Gasteiger partial charge in [0.15, 0.2) is 0 Å². The Bertz CT molecular complexity index is 514. The average molecular weight is 275 g/mol. The summed E-state index contributed by atoms with van der Waals surface area (Å²) in [7, 11) is 1.66. The Morgan fingerprint density at radius 1 is 1.40 bits per heavy atom. The van der Waals surface area contributed by atoms with E-state index in [2.05, 4.69) is 21.0 Å². The van der Waals surface area contributed by atoms with Crippen molar-refractivity contribution in [3.8, 4) is 0 Å². The average Bonchev–Trinajstić information content (AvgIpc) is 2.42. The fourth-order valence-corrected chi connectivity index (χ4v) is 1.92. The van der Waals surface area contributed by atoms with Crippen molar-refractivity contribution >= 4 is 26.8 Å². The minimum atomic E-state index is -2.92. The normalized spacial score (nSPS) is 12.3. The number of aromatic nitrogens is 2. The summed E-state index contributed by atoms with van der Waals surface area (Å²) < 4.78 is 28.7. The van der Waals surface area contributed by atoms with Crippen LogP contribution in [0.15, 0.2) is 22.7 Å². The number of fused-ring (bicyclic) bond motifs is 1.